The van der Waals surface area contributed by atoms with Gasteiger partial charge in [-0.15, -0.1) is 0 Å². The van der Waals surface area contributed by atoms with Crippen LogP contribution in [0.2, 0.25) is 0 Å². The van der Waals surface area contributed by atoms with Gasteiger partial charge in [0.2, 0.25) is 5.91 Å². The first kappa shape index (κ1) is 14.8. The molecule has 0 saturated heterocycles. The van der Waals surface area contributed by atoms with Crippen LogP contribution in [0.4, 0.5) is 11.4 Å². The molecule has 1 unspecified atom stereocenters. The molecule has 1 N–H and O–H groups in total. The van der Waals surface area contributed by atoms with Gasteiger partial charge < -0.3 is 5.32 Å². The molecule has 1 aliphatic carbocycles. The number of nitrogens with zero attached hydrogens (tertiary/aromatic N) is 2. The topological polar surface area (TPSA) is 53.8 Å². The first-order chi connectivity index (χ1) is 11.7. The summed E-state index contributed by atoms with van der Waals surface area (Å²) in [6.45, 7) is 2.00. The molecule has 120 valence electrons. The number of nitrogens with one attached hydrogen (secondary N) is 1. The number of hydrogen-bond acceptors (Lipinski definition) is 3. The number of hydrogen-bond donors (Lipinski definition) is 1. The minimum absolute atomic E-state index is 0.0712. The molecule has 0 aromatic heterocycles. The summed E-state index contributed by atoms with van der Waals surface area (Å²) >= 11 is 0. The number of rotatable bonds is 2. The minimum Gasteiger partial charge on any atom is -0.313 e. The molecule has 2 aromatic rings. The number of amides is 1. The maximum atomic E-state index is 12.3. The van der Waals surface area contributed by atoms with Crippen LogP contribution in [0.15, 0.2) is 64.6 Å². The van der Waals surface area contributed by atoms with Crippen molar-refractivity contribution >= 4 is 28.8 Å². The quantitative estimate of drug-likeness (QED) is 0.889. The van der Waals surface area contributed by atoms with Crippen LogP contribution in [0, 0.1) is 5.92 Å². The zero-order valence-corrected chi connectivity index (χ0v) is 13.6. The van der Waals surface area contributed by atoms with Gasteiger partial charge in [0.25, 0.3) is 0 Å². The van der Waals surface area contributed by atoms with E-state index in [2.05, 4.69) is 17.4 Å². The average molecular weight is 317 g/mol. The second-order valence-electron chi connectivity index (χ2n) is 6.35. The Labute approximate surface area is 141 Å². The highest BCUT2D eigenvalue weighted by atomic mass is 16.2. The van der Waals surface area contributed by atoms with Gasteiger partial charge in [-0.2, -0.15) is 0 Å². The number of para-hydroxylation sites is 2. The van der Waals surface area contributed by atoms with E-state index in [0.29, 0.717) is 5.84 Å². The standard InChI is InChI=1S/C20H19N3O/c1-13-18(14-7-3-2-4-8-14)19(23-20(24)15-11-12-15)22-17-10-6-5-9-16(17)21-13/h2-10,15,18H,11-12H2,1H3,(H,22,23,24). The van der Waals surface area contributed by atoms with E-state index in [9.17, 15) is 4.79 Å². The maximum Gasteiger partial charge on any atom is 0.228 e. The van der Waals surface area contributed by atoms with Gasteiger partial charge >= 0.3 is 0 Å². The van der Waals surface area contributed by atoms with Crippen molar-refractivity contribution in [2.75, 3.05) is 0 Å². The SMILES string of the molecule is CC1=Nc2ccccc2N=C(NC(=O)C2CC2)C1c1ccccc1. The van der Waals surface area contributed by atoms with E-state index in [-0.39, 0.29) is 17.7 Å². The summed E-state index contributed by atoms with van der Waals surface area (Å²) < 4.78 is 0. The Balaban J connectivity index is 1.81. The summed E-state index contributed by atoms with van der Waals surface area (Å²) in [7, 11) is 0. The van der Waals surface area contributed by atoms with Gasteiger partial charge in [0, 0.05) is 11.6 Å². The fourth-order valence-corrected chi connectivity index (χ4v) is 3.02. The van der Waals surface area contributed by atoms with Crippen molar-refractivity contribution in [3.8, 4) is 0 Å². The highest BCUT2D eigenvalue weighted by Crippen LogP contribution is 2.35. The Morgan fingerprint density at radius 2 is 1.58 bits per heavy atom. The van der Waals surface area contributed by atoms with E-state index in [0.717, 1.165) is 35.5 Å². The van der Waals surface area contributed by atoms with Crippen molar-refractivity contribution in [2.45, 2.75) is 25.7 Å². The molecule has 4 nitrogen and oxygen atoms in total. The molecular weight excluding hydrogens is 298 g/mol. The van der Waals surface area contributed by atoms with Crippen molar-refractivity contribution in [3.05, 3.63) is 60.2 Å². The van der Waals surface area contributed by atoms with E-state index < -0.39 is 0 Å². The Bertz CT molecular complexity index is 835. The predicted octanol–water partition coefficient (Wildman–Crippen LogP) is 4.13. The van der Waals surface area contributed by atoms with Crippen molar-refractivity contribution < 1.29 is 4.79 Å². The first-order valence-electron chi connectivity index (χ1n) is 8.31. The molecule has 0 spiro atoms. The number of fused-ring (bicyclic) bond motifs is 1. The maximum absolute atomic E-state index is 12.3. The zero-order valence-electron chi connectivity index (χ0n) is 13.6. The summed E-state index contributed by atoms with van der Waals surface area (Å²) in [5.74, 6) is 0.743. The largest absolute Gasteiger partial charge is 0.313 e. The van der Waals surface area contributed by atoms with Gasteiger partial charge in [-0.3, -0.25) is 9.79 Å². The lowest BCUT2D eigenvalue weighted by molar-refractivity contribution is -0.120. The van der Waals surface area contributed by atoms with Crippen LogP contribution in [0.5, 0.6) is 0 Å². The third kappa shape index (κ3) is 2.87. The van der Waals surface area contributed by atoms with Gasteiger partial charge in [0.05, 0.1) is 17.3 Å². The summed E-state index contributed by atoms with van der Waals surface area (Å²) in [4.78, 5) is 21.9. The smallest absolute Gasteiger partial charge is 0.228 e. The Morgan fingerprint density at radius 1 is 0.958 bits per heavy atom. The summed E-state index contributed by atoms with van der Waals surface area (Å²) in [6.07, 6.45) is 1.94. The Morgan fingerprint density at radius 3 is 2.25 bits per heavy atom. The van der Waals surface area contributed by atoms with Crippen LogP contribution in [-0.2, 0) is 4.79 Å². The monoisotopic (exact) mass is 317 g/mol. The molecule has 1 heterocycles. The zero-order chi connectivity index (χ0) is 16.5. The van der Waals surface area contributed by atoms with Crippen LogP contribution in [0.3, 0.4) is 0 Å². The fourth-order valence-electron chi connectivity index (χ4n) is 3.02. The summed E-state index contributed by atoms with van der Waals surface area (Å²) in [5, 5.41) is 3.07. The number of carbonyl (C=O) groups excluding carboxylic acids is 1. The van der Waals surface area contributed by atoms with Crippen molar-refractivity contribution in [3.63, 3.8) is 0 Å². The van der Waals surface area contributed by atoms with Crippen LogP contribution in [0.1, 0.15) is 31.2 Å². The Kier molecular flexibility index (Phi) is 3.73. The van der Waals surface area contributed by atoms with Crippen molar-refractivity contribution in [1.29, 1.82) is 0 Å². The van der Waals surface area contributed by atoms with Gasteiger partial charge in [0.1, 0.15) is 5.84 Å². The van der Waals surface area contributed by atoms with E-state index >= 15 is 0 Å². The summed E-state index contributed by atoms with van der Waals surface area (Å²) in [5.41, 5.74) is 3.65. The molecule has 0 bridgehead atoms. The molecule has 2 aromatic carbocycles. The predicted molar refractivity (Wildman–Crippen MR) is 96.4 cm³/mol. The van der Waals surface area contributed by atoms with Crippen LogP contribution >= 0.6 is 0 Å². The molecule has 1 saturated carbocycles. The van der Waals surface area contributed by atoms with Crippen LogP contribution in [0.25, 0.3) is 0 Å². The molecule has 4 rings (SSSR count). The van der Waals surface area contributed by atoms with E-state index in [1.807, 2.05) is 49.4 Å². The number of carbonyl (C=O) groups is 1. The lowest BCUT2D eigenvalue weighted by Crippen LogP contribution is -2.37. The minimum atomic E-state index is -0.138. The third-order valence-electron chi connectivity index (χ3n) is 4.44. The number of benzene rings is 2. The van der Waals surface area contributed by atoms with Crippen molar-refractivity contribution in [1.82, 2.24) is 5.32 Å². The van der Waals surface area contributed by atoms with E-state index in [4.69, 9.17) is 9.98 Å². The van der Waals surface area contributed by atoms with Gasteiger partial charge in [-0.25, -0.2) is 4.99 Å². The third-order valence-corrected chi connectivity index (χ3v) is 4.44. The lowest BCUT2D eigenvalue weighted by atomic mass is 9.93. The number of aliphatic imine (C=N–C) groups is 2. The van der Waals surface area contributed by atoms with Gasteiger partial charge in [-0.05, 0) is 37.5 Å². The normalized spacial score (nSPS) is 19.6. The van der Waals surface area contributed by atoms with Crippen LogP contribution in [-0.4, -0.2) is 17.5 Å². The molecule has 1 fully saturated rings. The molecule has 1 aliphatic heterocycles. The van der Waals surface area contributed by atoms with Crippen molar-refractivity contribution in [2.24, 2.45) is 15.9 Å². The lowest BCUT2D eigenvalue weighted by Gasteiger charge is -2.19. The molecule has 4 heteroatoms. The molecule has 0 radical (unpaired) electrons. The second kappa shape index (κ2) is 6.04. The molecule has 2 aliphatic rings. The van der Waals surface area contributed by atoms with E-state index in [1.54, 1.807) is 0 Å². The average Bonchev–Trinajstić information content (AvgIpc) is 3.42. The van der Waals surface area contributed by atoms with Crippen LogP contribution < -0.4 is 5.32 Å². The molecular formula is C20H19N3O. The second-order valence-corrected chi connectivity index (χ2v) is 6.35. The first-order valence-corrected chi connectivity index (χ1v) is 8.31. The fraction of sp³-hybridized carbons (Fsp3) is 0.250. The molecule has 1 amide bonds. The van der Waals surface area contributed by atoms with Gasteiger partial charge in [0.15, 0.2) is 0 Å². The molecule has 24 heavy (non-hydrogen) atoms. The Hall–Kier alpha value is -2.75. The number of amidine groups is 1. The highest BCUT2D eigenvalue weighted by Gasteiger charge is 2.33. The molecule has 1 atom stereocenters. The van der Waals surface area contributed by atoms with E-state index in [1.165, 1.54) is 0 Å². The summed E-state index contributed by atoms with van der Waals surface area (Å²) in [6, 6.07) is 17.9. The highest BCUT2D eigenvalue weighted by molar-refractivity contribution is 6.17. The van der Waals surface area contributed by atoms with Gasteiger partial charge in [-0.1, -0.05) is 42.5 Å².